The Balaban J connectivity index is 2.29. The van der Waals surface area contributed by atoms with Gasteiger partial charge in [-0.05, 0) is 11.1 Å². The predicted octanol–water partition coefficient (Wildman–Crippen LogP) is 0.816. The number of hydrogen-bond donors (Lipinski definition) is 1. The van der Waals surface area contributed by atoms with Gasteiger partial charge in [0.15, 0.2) is 6.10 Å². The fraction of sp³-hybridized carbons (Fsp3) is 0.429. The highest BCUT2D eigenvalue weighted by Crippen LogP contribution is 2.29. The molecule has 6 nitrogen and oxygen atoms in total. The van der Waals surface area contributed by atoms with E-state index in [0.717, 1.165) is 11.1 Å². The van der Waals surface area contributed by atoms with Gasteiger partial charge in [0.25, 0.3) is 0 Å². The van der Waals surface area contributed by atoms with E-state index in [4.69, 9.17) is 9.47 Å². The van der Waals surface area contributed by atoms with E-state index in [1.54, 1.807) is 26.3 Å². The number of morpholine rings is 1. The molecule has 1 aliphatic heterocycles. The predicted molar refractivity (Wildman–Crippen MR) is 70.0 cm³/mol. The van der Waals surface area contributed by atoms with Gasteiger partial charge in [0, 0.05) is 14.2 Å². The third kappa shape index (κ3) is 2.81. The minimum Gasteiger partial charge on any atom is -0.479 e. The van der Waals surface area contributed by atoms with Crippen molar-refractivity contribution in [2.24, 2.45) is 0 Å². The highest BCUT2D eigenvalue weighted by atomic mass is 16.5. The maximum atomic E-state index is 11.7. The van der Waals surface area contributed by atoms with Gasteiger partial charge in [-0.1, -0.05) is 24.3 Å². The highest BCUT2D eigenvalue weighted by molar-refractivity contribution is 5.82. The second-order valence-electron chi connectivity index (χ2n) is 4.69. The molecule has 0 radical (unpaired) electrons. The van der Waals surface area contributed by atoms with Gasteiger partial charge in [-0.2, -0.15) is 0 Å². The Bertz CT molecular complexity index is 499. The summed E-state index contributed by atoms with van der Waals surface area (Å²) in [4.78, 5) is 24.4. The molecule has 1 aromatic rings. The van der Waals surface area contributed by atoms with Gasteiger partial charge in [-0.3, -0.25) is 4.79 Å². The number of carboxylic acids is 1. The summed E-state index contributed by atoms with van der Waals surface area (Å²) in [7, 11) is 3.20. The molecule has 1 N–H and O–H groups in total. The molecule has 1 fully saturated rings. The van der Waals surface area contributed by atoms with Crippen LogP contribution in [0.15, 0.2) is 24.3 Å². The number of rotatable bonds is 4. The van der Waals surface area contributed by atoms with E-state index in [1.807, 2.05) is 12.1 Å². The number of methoxy groups -OCH3 is 1. The topological polar surface area (TPSA) is 76.1 Å². The molecule has 1 aliphatic rings. The van der Waals surface area contributed by atoms with Crippen LogP contribution in [0.3, 0.4) is 0 Å². The zero-order chi connectivity index (χ0) is 14.7. The molecular formula is C14H17NO5. The molecule has 1 aromatic carbocycles. The average molecular weight is 279 g/mol. The maximum Gasteiger partial charge on any atom is 0.335 e. The van der Waals surface area contributed by atoms with E-state index in [1.165, 1.54) is 4.90 Å². The number of carbonyl (C=O) groups excluding carboxylic acids is 1. The average Bonchev–Trinajstić information content (AvgIpc) is 2.43. The lowest BCUT2D eigenvalue weighted by Gasteiger charge is -2.37. The summed E-state index contributed by atoms with van der Waals surface area (Å²) >= 11 is 0. The van der Waals surface area contributed by atoms with Crippen LogP contribution in [0.1, 0.15) is 17.2 Å². The van der Waals surface area contributed by atoms with Crippen LogP contribution < -0.4 is 0 Å². The quantitative estimate of drug-likeness (QED) is 0.883. The molecule has 1 saturated heterocycles. The first-order valence-electron chi connectivity index (χ1n) is 6.22. The van der Waals surface area contributed by atoms with Crippen molar-refractivity contribution in [1.82, 2.24) is 4.90 Å². The maximum absolute atomic E-state index is 11.7. The summed E-state index contributed by atoms with van der Waals surface area (Å²) in [5, 5.41) is 9.23. The first-order chi connectivity index (χ1) is 9.54. The van der Waals surface area contributed by atoms with Crippen LogP contribution in [0, 0.1) is 0 Å². The van der Waals surface area contributed by atoms with Gasteiger partial charge in [0.1, 0.15) is 6.61 Å². The van der Waals surface area contributed by atoms with Crippen molar-refractivity contribution in [1.29, 1.82) is 0 Å². The Kier molecular flexibility index (Phi) is 4.36. The SMILES string of the molecule is COCc1ccc(C2C(C(=O)O)OCC(=O)N2C)cc1. The molecule has 6 heteroatoms. The third-order valence-corrected chi connectivity index (χ3v) is 3.36. The van der Waals surface area contributed by atoms with E-state index in [2.05, 4.69) is 0 Å². The van der Waals surface area contributed by atoms with Gasteiger partial charge in [0.05, 0.1) is 12.6 Å². The standard InChI is InChI=1S/C14H17NO5/c1-15-11(16)8-20-13(14(17)18)12(15)10-5-3-9(4-6-10)7-19-2/h3-6,12-13H,7-8H2,1-2H3,(H,17,18). The number of carbonyl (C=O) groups is 2. The smallest absolute Gasteiger partial charge is 0.335 e. The Morgan fingerprint density at radius 2 is 2.10 bits per heavy atom. The lowest BCUT2D eigenvalue weighted by molar-refractivity contribution is -0.171. The van der Waals surface area contributed by atoms with E-state index >= 15 is 0 Å². The summed E-state index contributed by atoms with van der Waals surface area (Å²) in [5.74, 6) is -1.30. The van der Waals surface area contributed by atoms with Crippen LogP contribution in [0.25, 0.3) is 0 Å². The van der Waals surface area contributed by atoms with Crippen molar-refractivity contribution in [3.8, 4) is 0 Å². The first kappa shape index (κ1) is 14.5. The molecule has 2 unspecified atom stereocenters. The number of amides is 1. The van der Waals surface area contributed by atoms with Crippen molar-refractivity contribution in [2.75, 3.05) is 20.8 Å². The fourth-order valence-corrected chi connectivity index (χ4v) is 2.29. The highest BCUT2D eigenvalue weighted by Gasteiger charge is 2.39. The van der Waals surface area contributed by atoms with Crippen molar-refractivity contribution in [2.45, 2.75) is 18.8 Å². The number of benzene rings is 1. The van der Waals surface area contributed by atoms with Crippen LogP contribution in [0.2, 0.25) is 0 Å². The fourth-order valence-electron chi connectivity index (χ4n) is 2.29. The molecule has 2 rings (SSSR count). The normalized spacial score (nSPS) is 22.9. The molecule has 1 heterocycles. The molecule has 0 aromatic heterocycles. The summed E-state index contributed by atoms with van der Waals surface area (Å²) < 4.78 is 10.2. The molecule has 0 spiro atoms. The Hall–Kier alpha value is -1.92. The number of likely N-dealkylation sites (N-methyl/N-ethyl adjacent to an activating group) is 1. The van der Waals surface area contributed by atoms with Crippen LogP contribution in [-0.4, -0.2) is 48.8 Å². The van der Waals surface area contributed by atoms with Crippen molar-refractivity contribution < 1.29 is 24.2 Å². The number of nitrogens with zero attached hydrogens (tertiary/aromatic N) is 1. The summed E-state index contributed by atoms with van der Waals surface area (Å²) in [5.41, 5.74) is 1.71. The lowest BCUT2D eigenvalue weighted by Crippen LogP contribution is -2.50. The second-order valence-corrected chi connectivity index (χ2v) is 4.69. The number of carboxylic acid groups (broad SMARTS) is 1. The van der Waals surface area contributed by atoms with Gasteiger partial charge in [0.2, 0.25) is 5.91 Å². The zero-order valence-corrected chi connectivity index (χ0v) is 11.4. The molecule has 20 heavy (non-hydrogen) atoms. The second kappa shape index (κ2) is 6.02. The van der Waals surface area contributed by atoms with Gasteiger partial charge >= 0.3 is 5.97 Å². The summed E-state index contributed by atoms with van der Waals surface area (Å²) in [6.45, 7) is 0.282. The minimum absolute atomic E-state index is 0.203. The molecule has 0 bridgehead atoms. The number of hydrogen-bond acceptors (Lipinski definition) is 4. The molecule has 108 valence electrons. The zero-order valence-electron chi connectivity index (χ0n) is 11.4. The third-order valence-electron chi connectivity index (χ3n) is 3.36. The van der Waals surface area contributed by atoms with Crippen LogP contribution in [0.5, 0.6) is 0 Å². The van der Waals surface area contributed by atoms with Crippen LogP contribution in [0.4, 0.5) is 0 Å². The van der Waals surface area contributed by atoms with E-state index in [0.29, 0.717) is 6.61 Å². The number of ether oxygens (including phenoxy) is 2. The summed E-state index contributed by atoms with van der Waals surface area (Å²) in [6, 6.07) is 6.68. The molecular weight excluding hydrogens is 262 g/mol. The van der Waals surface area contributed by atoms with Gasteiger partial charge < -0.3 is 19.5 Å². The van der Waals surface area contributed by atoms with E-state index < -0.39 is 18.1 Å². The van der Waals surface area contributed by atoms with Crippen LogP contribution in [-0.2, 0) is 25.7 Å². The molecule has 2 atom stereocenters. The van der Waals surface area contributed by atoms with Crippen molar-refractivity contribution in [3.05, 3.63) is 35.4 Å². The molecule has 0 saturated carbocycles. The van der Waals surface area contributed by atoms with E-state index in [-0.39, 0.29) is 12.5 Å². The van der Waals surface area contributed by atoms with Crippen molar-refractivity contribution >= 4 is 11.9 Å². The van der Waals surface area contributed by atoms with Crippen molar-refractivity contribution in [3.63, 3.8) is 0 Å². The Labute approximate surface area is 116 Å². The first-order valence-corrected chi connectivity index (χ1v) is 6.22. The monoisotopic (exact) mass is 279 g/mol. The number of aliphatic carboxylic acids is 1. The molecule has 1 amide bonds. The largest absolute Gasteiger partial charge is 0.479 e. The lowest BCUT2D eigenvalue weighted by atomic mass is 9.97. The van der Waals surface area contributed by atoms with E-state index in [9.17, 15) is 14.7 Å². The minimum atomic E-state index is -1.07. The van der Waals surface area contributed by atoms with Crippen LogP contribution >= 0.6 is 0 Å². The Morgan fingerprint density at radius 1 is 1.45 bits per heavy atom. The van der Waals surface area contributed by atoms with Gasteiger partial charge in [-0.25, -0.2) is 4.79 Å². The Morgan fingerprint density at radius 3 is 2.65 bits per heavy atom. The summed E-state index contributed by atoms with van der Waals surface area (Å²) in [6.07, 6.45) is -1.05. The molecule has 0 aliphatic carbocycles. The van der Waals surface area contributed by atoms with Gasteiger partial charge in [-0.15, -0.1) is 0 Å².